The van der Waals surface area contributed by atoms with Crippen molar-refractivity contribution in [2.45, 2.75) is 0 Å². The van der Waals surface area contributed by atoms with Crippen LogP contribution in [0.2, 0.25) is 0 Å². The molecule has 9 heteroatoms. The molecule has 2 N–H and O–H groups in total. The van der Waals surface area contributed by atoms with Gasteiger partial charge in [-0.1, -0.05) is 41.7 Å². The maximum absolute atomic E-state index is 12.5. The lowest BCUT2D eigenvalue weighted by Crippen LogP contribution is -2.36. The van der Waals surface area contributed by atoms with E-state index in [2.05, 4.69) is 25.7 Å². The van der Waals surface area contributed by atoms with E-state index < -0.39 is 0 Å². The third-order valence-corrected chi connectivity index (χ3v) is 6.33. The van der Waals surface area contributed by atoms with Crippen molar-refractivity contribution in [3.63, 3.8) is 0 Å². The Morgan fingerprint density at radius 1 is 0.914 bits per heavy atom. The molecule has 1 amide bonds. The zero-order chi connectivity index (χ0) is 23.9. The molecule has 1 aliphatic heterocycles. The van der Waals surface area contributed by atoms with Crippen molar-refractivity contribution in [1.29, 1.82) is 0 Å². The first-order valence-corrected chi connectivity index (χ1v) is 12.2. The van der Waals surface area contributed by atoms with Gasteiger partial charge in [-0.2, -0.15) is 0 Å². The molecule has 0 spiro atoms. The second-order valence-electron chi connectivity index (χ2n) is 7.88. The van der Waals surface area contributed by atoms with Crippen LogP contribution in [0.25, 0.3) is 10.6 Å². The van der Waals surface area contributed by atoms with E-state index in [4.69, 9.17) is 9.47 Å². The van der Waals surface area contributed by atoms with Crippen LogP contribution in [0, 0.1) is 0 Å². The Balaban J connectivity index is 1.19. The molecule has 0 unspecified atom stereocenters. The molecule has 1 aliphatic rings. The highest BCUT2D eigenvalue weighted by Crippen LogP contribution is 2.34. The van der Waals surface area contributed by atoms with Gasteiger partial charge in [0.05, 0.1) is 18.8 Å². The van der Waals surface area contributed by atoms with Crippen molar-refractivity contribution in [1.82, 2.24) is 10.2 Å². The van der Waals surface area contributed by atoms with Crippen molar-refractivity contribution in [3.8, 4) is 16.3 Å². The number of amides is 1. The van der Waals surface area contributed by atoms with Gasteiger partial charge in [-0.25, -0.2) is 0 Å². The second kappa shape index (κ2) is 11.0. The molecule has 2 heterocycles. The summed E-state index contributed by atoms with van der Waals surface area (Å²) in [5.41, 5.74) is 3.57. The molecule has 0 radical (unpaired) electrons. The minimum Gasteiger partial charge on any atom is -0.483 e. The first kappa shape index (κ1) is 22.8. The Morgan fingerprint density at radius 2 is 1.66 bits per heavy atom. The van der Waals surface area contributed by atoms with E-state index in [-0.39, 0.29) is 12.5 Å². The molecule has 3 aromatic carbocycles. The quantitative estimate of drug-likeness (QED) is 0.369. The number of ether oxygens (including phenoxy) is 2. The summed E-state index contributed by atoms with van der Waals surface area (Å²) in [4.78, 5) is 14.8. The predicted octanol–water partition coefficient (Wildman–Crippen LogP) is 4.80. The summed E-state index contributed by atoms with van der Waals surface area (Å²) in [6.45, 7) is 3.10. The molecule has 1 saturated heterocycles. The SMILES string of the molecule is O=C(COc1ccccc1-c1nnc(Nc2ccccc2)s1)Nc1ccc(N2CCOCC2)cc1. The van der Waals surface area contributed by atoms with Gasteiger partial charge in [0.2, 0.25) is 5.13 Å². The Bertz CT molecular complexity index is 1260. The molecule has 0 atom stereocenters. The van der Waals surface area contributed by atoms with E-state index in [0.29, 0.717) is 15.9 Å². The molecule has 5 rings (SSSR count). The number of benzene rings is 3. The molecule has 0 saturated carbocycles. The van der Waals surface area contributed by atoms with Crippen molar-refractivity contribution in [2.75, 3.05) is 48.4 Å². The van der Waals surface area contributed by atoms with Crippen molar-refractivity contribution in [2.24, 2.45) is 0 Å². The van der Waals surface area contributed by atoms with Crippen LogP contribution in [-0.4, -0.2) is 49.0 Å². The van der Waals surface area contributed by atoms with Gasteiger partial charge >= 0.3 is 0 Å². The van der Waals surface area contributed by atoms with Gasteiger partial charge in [0, 0.05) is 30.2 Å². The number of anilines is 4. The van der Waals surface area contributed by atoms with Gasteiger partial charge in [0.25, 0.3) is 5.91 Å². The molecular weight excluding hydrogens is 462 g/mol. The Kier molecular flexibility index (Phi) is 7.16. The first-order chi connectivity index (χ1) is 17.2. The molecule has 8 nitrogen and oxygen atoms in total. The highest BCUT2D eigenvalue weighted by atomic mass is 32.1. The number of para-hydroxylation sites is 2. The monoisotopic (exact) mass is 487 g/mol. The summed E-state index contributed by atoms with van der Waals surface area (Å²) in [6, 6.07) is 25.1. The summed E-state index contributed by atoms with van der Waals surface area (Å²) in [5.74, 6) is 0.343. The standard InChI is InChI=1S/C26H25N5O3S/c32-24(27-20-10-12-21(13-11-20)31-14-16-33-17-15-31)18-34-23-9-5-4-8-22(23)25-29-30-26(35-25)28-19-6-2-1-3-7-19/h1-13H,14-18H2,(H,27,32)(H,28,30). The number of carbonyl (C=O) groups excluding carboxylic acids is 1. The lowest BCUT2D eigenvalue weighted by molar-refractivity contribution is -0.118. The molecule has 178 valence electrons. The number of aromatic nitrogens is 2. The van der Waals surface area contributed by atoms with Gasteiger partial charge in [-0.15, -0.1) is 10.2 Å². The number of carbonyl (C=O) groups is 1. The first-order valence-electron chi connectivity index (χ1n) is 11.3. The summed E-state index contributed by atoms with van der Waals surface area (Å²) < 4.78 is 11.3. The molecule has 4 aromatic rings. The fourth-order valence-electron chi connectivity index (χ4n) is 3.71. The van der Waals surface area contributed by atoms with Crippen LogP contribution in [-0.2, 0) is 9.53 Å². The van der Waals surface area contributed by atoms with Crippen LogP contribution < -0.4 is 20.3 Å². The van der Waals surface area contributed by atoms with Crippen LogP contribution in [0.5, 0.6) is 5.75 Å². The van der Waals surface area contributed by atoms with Crippen LogP contribution in [0.4, 0.5) is 22.2 Å². The average Bonchev–Trinajstić information content (AvgIpc) is 3.37. The number of morpholine rings is 1. The third kappa shape index (κ3) is 5.95. The normalized spacial score (nSPS) is 13.3. The zero-order valence-corrected chi connectivity index (χ0v) is 19.8. The number of nitrogens with one attached hydrogen (secondary N) is 2. The summed E-state index contributed by atoms with van der Waals surface area (Å²) in [7, 11) is 0. The van der Waals surface area contributed by atoms with Crippen molar-refractivity contribution >= 4 is 39.4 Å². The zero-order valence-electron chi connectivity index (χ0n) is 19.0. The van der Waals surface area contributed by atoms with E-state index in [1.54, 1.807) is 0 Å². The average molecular weight is 488 g/mol. The van der Waals surface area contributed by atoms with Gasteiger partial charge in [-0.3, -0.25) is 4.79 Å². The summed E-state index contributed by atoms with van der Waals surface area (Å²) >= 11 is 1.42. The third-order valence-electron chi connectivity index (χ3n) is 5.45. The highest BCUT2D eigenvalue weighted by molar-refractivity contribution is 7.18. The van der Waals surface area contributed by atoms with Gasteiger partial charge in [-0.05, 0) is 48.5 Å². The van der Waals surface area contributed by atoms with Crippen LogP contribution in [0.1, 0.15) is 0 Å². The highest BCUT2D eigenvalue weighted by Gasteiger charge is 2.14. The number of hydrogen-bond donors (Lipinski definition) is 2. The van der Waals surface area contributed by atoms with Crippen LogP contribution in [0.15, 0.2) is 78.9 Å². The van der Waals surface area contributed by atoms with Crippen LogP contribution >= 0.6 is 11.3 Å². The Morgan fingerprint density at radius 3 is 2.46 bits per heavy atom. The van der Waals surface area contributed by atoms with E-state index >= 15 is 0 Å². The minimum atomic E-state index is -0.234. The fourth-order valence-corrected chi connectivity index (χ4v) is 4.51. The molecule has 0 aliphatic carbocycles. The maximum atomic E-state index is 12.5. The largest absolute Gasteiger partial charge is 0.483 e. The second-order valence-corrected chi connectivity index (χ2v) is 8.86. The molecule has 35 heavy (non-hydrogen) atoms. The van der Waals surface area contributed by atoms with E-state index in [0.717, 1.165) is 48.9 Å². The van der Waals surface area contributed by atoms with Crippen molar-refractivity contribution < 1.29 is 14.3 Å². The Labute approximate surface area is 207 Å². The smallest absolute Gasteiger partial charge is 0.262 e. The number of nitrogens with zero attached hydrogens (tertiary/aromatic N) is 3. The number of rotatable bonds is 8. The minimum absolute atomic E-state index is 0.115. The molecular formula is C26H25N5O3S. The maximum Gasteiger partial charge on any atom is 0.262 e. The van der Waals surface area contributed by atoms with E-state index in [9.17, 15) is 4.79 Å². The van der Waals surface area contributed by atoms with Crippen LogP contribution in [0.3, 0.4) is 0 Å². The van der Waals surface area contributed by atoms with Gasteiger partial charge < -0.3 is 25.0 Å². The van der Waals surface area contributed by atoms with Gasteiger partial charge in [0.15, 0.2) is 11.6 Å². The lowest BCUT2D eigenvalue weighted by atomic mass is 10.2. The van der Waals surface area contributed by atoms with Crippen molar-refractivity contribution in [3.05, 3.63) is 78.9 Å². The summed E-state index contributed by atoms with van der Waals surface area (Å²) in [6.07, 6.45) is 0. The fraction of sp³-hybridized carbons (Fsp3) is 0.192. The topological polar surface area (TPSA) is 88.6 Å². The van der Waals surface area contributed by atoms with E-state index in [1.807, 2.05) is 78.9 Å². The molecule has 1 aromatic heterocycles. The number of hydrogen-bond acceptors (Lipinski definition) is 8. The van der Waals surface area contributed by atoms with E-state index in [1.165, 1.54) is 11.3 Å². The molecule has 1 fully saturated rings. The Hall–Kier alpha value is -3.95. The lowest BCUT2D eigenvalue weighted by Gasteiger charge is -2.28. The predicted molar refractivity (Wildman–Crippen MR) is 139 cm³/mol. The molecule has 0 bridgehead atoms. The van der Waals surface area contributed by atoms with Gasteiger partial charge in [0.1, 0.15) is 5.75 Å². The summed E-state index contributed by atoms with van der Waals surface area (Å²) in [5, 5.41) is 16.1.